The van der Waals surface area contributed by atoms with E-state index in [0.717, 1.165) is 12.8 Å². The summed E-state index contributed by atoms with van der Waals surface area (Å²) in [5.41, 5.74) is 5.84. The SMILES string of the molecule is COc1ccc(Cl)cc1N(C)C(=O)C1(N)CC1. The molecule has 92 valence electrons. The van der Waals surface area contributed by atoms with Crippen molar-refractivity contribution in [2.45, 2.75) is 18.4 Å². The number of methoxy groups -OCH3 is 1. The molecule has 2 N–H and O–H groups in total. The summed E-state index contributed by atoms with van der Waals surface area (Å²) >= 11 is 5.93. The van der Waals surface area contributed by atoms with E-state index in [4.69, 9.17) is 22.1 Å². The van der Waals surface area contributed by atoms with Gasteiger partial charge in [0.25, 0.3) is 0 Å². The molecule has 5 heteroatoms. The number of hydrogen-bond acceptors (Lipinski definition) is 3. The molecule has 1 aromatic carbocycles. The highest BCUT2D eigenvalue weighted by Gasteiger charge is 2.48. The molecular formula is C12H15ClN2O2. The monoisotopic (exact) mass is 254 g/mol. The van der Waals surface area contributed by atoms with Crippen molar-refractivity contribution in [2.75, 3.05) is 19.1 Å². The molecule has 1 aliphatic carbocycles. The van der Waals surface area contributed by atoms with Crippen LogP contribution in [-0.2, 0) is 4.79 Å². The Labute approximate surface area is 105 Å². The number of likely N-dealkylation sites (N-methyl/N-ethyl adjacent to an activating group) is 1. The number of hydrogen-bond donors (Lipinski definition) is 1. The van der Waals surface area contributed by atoms with Gasteiger partial charge in [0.05, 0.1) is 18.3 Å². The lowest BCUT2D eigenvalue weighted by molar-refractivity contribution is -0.120. The fourth-order valence-electron chi connectivity index (χ4n) is 1.72. The van der Waals surface area contributed by atoms with Crippen molar-refractivity contribution in [1.82, 2.24) is 0 Å². The van der Waals surface area contributed by atoms with E-state index in [-0.39, 0.29) is 5.91 Å². The van der Waals surface area contributed by atoms with Gasteiger partial charge in [0.2, 0.25) is 5.91 Å². The second-order valence-electron chi connectivity index (χ2n) is 4.34. The van der Waals surface area contributed by atoms with Crippen LogP contribution in [0.3, 0.4) is 0 Å². The van der Waals surface area contributed by atoms with Gasteiger partial charge >= 0.3 is 0 Å². The van der Waals surface area contributed by atoms with Gasteiger partial charge in [-0.25, -0.2) is 0 Å². The fourth-order valence-corrected chi connectivity index (χ4v) is 1.88. The van der Waals surface area contributed by atoms with Crippen LogP contribution in [-0.4, -0.2) is 25.6 Å². The van der Waals surface area contributed by atoms with Crippen LogP contribution in [0.1, 0.15) is 12.8 Å². The van der Waals surface area contributed by atoms with Crippen LogP contribution >= 0.6 is 11.6 Å². The largest absolute Gasteiger partial charge is 0.495 e. The molecule has 0 bridgehead atoms. The molecule has 0 unspecified atom stereocenters. The number of anilines is 1. The van der Waals surface area contributed by atoms with E-state index in [2.05, 4.69) is 0 Å². The molecule has 4 nitrogen and oxygen atoms in total. The topological polar surface area (TPSA) is 55.6 Å². The van der Waals surface area contributed by atoms with E-state index < -0.39 is 5.54 Å². The number of benzene rings is 1. The normalized spacial score (nSPS) is 16.5. The predicted octanol–water partition coefficient (Wildman–Crippen LogP) is 1.80. The minimum atomic E-state index is -0.692. The third-order valence-electron chi connectivity index (χ3n) is 3.02. The Kier molecular flexibility index (Phi) is 3.02. The second kappa shape index (κ2) is 4.20. The summed E-state index contributed by atoms with van der Waals surface area (Å²) in [7, 11) is 3.24. The summed E-state index contributed by atoms with van der Waals surface area (Å²) in [6.07, 6.45) is 1.47. The molecule has 0 saturated heterocycles. The summed E-state index contributed by atoms with van der Waals surface area (Å²) in [4.78, 5) is 13.6. The summed E-state index contributed by atoms with van der Waals surface area (Å²) in [5.74, 6) is 0.507. The molecule has 0 radical (unpaired) electrons. The van der Waals surface area contributed by atoms with Crippen molar-refractivity contribution in [2.24, 2.45) is 5.73 Å². The summed E-state index contributed by atoms with van der Waals surface area (Å²) in [6.45, 7) is 0. The van der Waals surface area contributed by atoms with Crippen LogP contribution in [0.25, 0.3) is 0 Å². The summed E-state index contributed by atoms with van der Waals surface area (Å²) in [6, 6.07) is 5.15. The number of nitrogens with two attached hydrogens (primary N) is 1. The molecule has 2 rings (SSSR count). The number of nitrogens with zero attached hydrogens (tertiary/aromatic N) is 1. The van der Waals surface area contributed by atoms with Gasteiger partial charge in [-0.15, -0.1) is 0 Å². The molecule has 1 saturated carbocycles. The van der Waals surface area contributed by atoms with Crippen LogP contribution in [0.2, 0.25) is 5.02 Å². The van der Waals surface area contributed by atoms with E-state index in [1.54, 1.807) is 32.4 Å². The minimum absolute atomic E-state index is 0.0990. The Morgan fingerprint density at radius 1 is 1.53 bits per heavy atom. The molecule has 0 aromatic heterocycles. The van der Waals surface area contributed by atoms with E-state index in [0.29, 0.717) is 16.5 Å². The first-order valence-corrected chi connectivity index (χ1v) is 5.76. The van der Waals surface area contributed by atoms with E-state index >= 15 is 0 Å². The zero-order valence-corrected chi connectivity index (χ0v) is 10.6. The third-order valence-corrected chi connectivity index (χ3v) is 3.26. The molecule has 1 aliphatic rings. The lowest BCUT2D eigenvalue weighted by Gasteiger charge is -2.23. The van der Waals surface area contributed by atoms with Gasteiger partial charge in [0, 0.05) is 12.1 Å². The molecule has 0 spiro atoms. The number of amides is 1. The second-order valence-corrected chi connectivity index (χ2v) is 4.77. The standard InChI is InChI=1S/C12H15ClN2O2/c1-15(11(16)12(14)5-6-12)9-7-8(13)3-4-10(9)17-2/h3-4,7H,5-6,14H2,1-2H3. The van der Waals surface area contributed by atoms with E-state index in [1.807, 2.05) is 0 Å². The lowest BCUT2D eigenvalue weighted by Crippen LogP contribution is -2.44. The van der Waals surface area contributed by atoms with Gasteiger partial charge in [-0.05, 0) is 31.0 Å². The average Bonchev–Trinajstić information content (AvgIpc) is 3.06. The van der Waals surface area contributed by atoms with Crippen molar-refractivity contribution in [1.29, 1.82) is 0 Å². The van der Waals surface area contributed by atoms with E-state index in [1.165, 1.54) is 4.90 Å². The quantitative estimate of drug-likeness (QED) is 0.895. The predicted molar refractivity (Wildman–Crippen MR) is 67.6 cm³/mol. The third kappa shape index (κ3) is 2.23. The molecule has 0 aliphatic heterocycles. The Hall–Kier alpha value is -1.26. The summed E-state index contributed by atoms with van der Waals surface area (Å²) < 4.78 is 5.21. The Morgan fingerprint density at radius 3 is 2.71 bits per heavy atom. The first-order chi connectivity index (χ1) is 7.98. The maximum atomic E-state index is 12.1. The number of carbonyl (C=O) groups excluding carboxylic acids is 1. The van der Waals surface area contributed by atoms with Crippen molar-refractivity contribution in [3.63, 3.8) is 0 Å². The summed E-state index contributed by atoms with van der Waals surface area (Å²) in [5, 5.41) is 0.558. The number of ether oxygens (including phenoxy) is 1. The Bertz CT molecular complexity index is 458. The molecule has 1 aromatic rings. The van der Waals surface area contributed by atoms with E-state index in [9.17, 15) is 4.79 Å². The zero-order chi connectivity index (χ0) is 12.6. The maximum Gasteiger partial charge on any atom is 0.246 e. The lowest BCUT2D eigenvalue weighted by atomic mass is 10.2. The first-order valence-electron chi connectivity index (χ1n) is 5.38. The van der Waals surface area contributed by atoms with Gasteiger partial charge in [-0.1, -0.05) is 11.6 Å². The molecule has 1 amide bonds. The maximum absolute atomic E-state index is 12.1. The van der Waals surface area contributed by atoms with Crippen LogP contribution in [0.5, 0.6) is 5.75 Å². The molecule has 1 fully saturated rings. The van der Waals surface area contributed by atoms with Crippen LogP contribution in [0, 0.1) is 0 Å². The smallest absolute Gasteiger partial charge is 0.246 e. The van der Waals surface area contributed by atoms with Gasteiger partial charge in [0.15, 0.2) is 0 Å². The Morgan fingerprint density at radius 2 is 2.18 bits per heavy atom. The molecule has 0 heterocycles. The van der Waals surface area contributed by atoms with Crippen molar-refractivity contribution < 1.29 is 9.53 Å². The Balaban J connectivity index is 2.32. The zero-order valence-electron chi connectivity index (χ0n) is 9.87. The molecule has 17 heavy (non-hydrogen) atoms. The number of carbonyl (C=O) groups is 1. The highest BCUT2D eigenvalue weighted by molar-refractivity contribution is 6.31. The highest BCUT2D eigenvalue weighted by Crippen LogP contribution is 2.37. The van der Waals surface area contributed by atoms with Crippen molar-refractivity contribution in [3.05, 3.63) is 23.2 Å². The first kappa shape index (κ1) is 12.2. The van der Waals surface area contributed by atoms with Crippen LogP contribution < -0.4 is 15.4 Å². The van der Waals surface area contributed by atoms with Gasteiger partial charge in [-0.2, -0.15) is 0 Å². The van der Waals surface area contributed by atoms with Crippen LogP contribution in [0.4, 0.5) is 5.69 Å². The average molecular weight is 255 g/mol. The van der Waals surface area contributed by atoms with Gasteiger partial charge in [-0.3, -0.25) is 4.79 Å². The fraction of sp³-hybridized carbons (Fsp3) is 0.417. The van der Waals surface area contributed by atoms with Gasteiger partial charge < -0.3 is 15.4 Å². The van der Waals surface area contributed by atoms with Crippen molar-refractivity contribution >= 4 is 23.2 Å². The number of rotatable bonds is 3. The van der Waals surface area contributed by atoms with Crippen LogP contribution in [0.15, 0.2) is 18.2 Å². The molecular weight excluding hydrogens is 240 g/mol. The highest BCUT2D eigenvalue weighted by atomic mass is 35.5. The van der Waals surface area contributed by atoms with Gasteiger partial charge in [0.1, 0.15) is 5.75 Å². The number of halogens is 1. The molecule has 0 atom stereocenters. The van der Waals surface area contributed by atoms with Crippen molar-refractivity contribution in [3.8, 4) is 5.75 Å². The minimum Gasteiger partial charge on any atom is -0.495 e.